The number of carbonyl (C=O) groups is 1. The molecule has 0 atom stereocenters. The van der Waals surface area contributed by atoms with Crippen LogP contribution in [0.4, 0.5) is 11.5 Å². The van der Waals surface area contributed by atoms with Crippen LogP contribution in [-0.2, 0) is 18.9 Å². The van der Waals surface area contributed by atoms with Crippen molar-refractivity contribution in [1.29, 1.82) is 0 Å². The standard InChI is InChI=1S/C9H12N4O4/c1-11-7-6(8(16)12(2)9(11)17)13(4-10-7)3-5(14)15/h10H,3-4H2,1-2H3,(H,14,15). The summed E-state index contributed by atoms with van der Waals surface area (Å²) in [5.74, 6) is -0.671. The van der Waals surface area contributed by atoms with Gasteiger partial charge >= 0.3 is 11.7 Å². The molecule has 0 saturated heterocycles. The molecule has 0 spiro atoms. The zero-order valence-corrected chi connectivity index (χ0v) is 9.43. The van der Waals surface area contributed by atoms with Crippen LogP contribution in [0, 0.1) is 0 Å². The molecule has 0 radical (unpaired) electrons. The first-order valence-electron chi connectivity index (χ1n) is 4.94. The normalized spacial score (nSPS) is 13.4. The fourth-order valence-electron chi connectivity index (χ4n) is 1.86. The van der Waals surface area contributed by atoms with Crippen molar-refractivity contribution >= 4 is 17.5 Å². The van der Waals surface area contributed by atoms with Crippen LogP contribution < -0.4 is 21.5 Å². The van der Waals surface area contributed by atoms with Gasteiger partial charge in [0, 0.05) is 14.1 Å². The Morgan fingerprint density at radius 2 is 2.00 bits per heavy atom. The summed E-state index contributed by atoms with van der Waals surface area (Å²) in [6, 6.07) is 0. The number of carboxylic acid groups (broad SMARTS) is 1. The van der Waals surface area contributed by atoms with Crippen LogP contribution in [0.2, 0.25) is 0 Å². The number of hydrogen-bond donors (Lipinski definition) is 2. The van der Waals surface area contributed by atoms with Crippen molar-refractivity contribution < 1.29 is 9.90 Å². The van der Waals surface area contributed by atoms with Gasteiger partial charge in [-0.25, -0.2) is 4.79 Å². The highest BCUT2D eigenvalue weighted by atomic mass is 16.4. The van der Waals surface area contributed by atoms with E-state index in [9.17, 15) is 14.4 Å². The van der Waals surface area contributed by atoms with Crippen molar-refractivity contribution in [3.63, 3.8) is 0 Å². The van der Waals surface area contributed by atoms with Gasteiger partial charge in [-0.15, -0.1) is 0 Å². The predicted octanol–water partition coefficient (Wildman–Crippen LogP) is -1.64. The Labute approximate surface area is 95.7 Å². The molecule has 17 heavy (non-hydrogen) atoms. The fourth-order valence-corrected chi connectivity index (χ4v) is 1.86. The molecule has 2 N–H and O–H groups in total. The van der Waals surface area contributed by atoms with E-state index in [0.29, 0.717) is 5.82 Å². The predicted molar refractivity (Wildman–Crippen MR) is 60.4 cm³/mol. The van der Waals surface area contributed by atoms with E-state index in [1.807, 2.05) is 0 Å². The highest BCUT2D eigenvalue weighted by Crippen LogP contribution is 2.24. The molecule has 2 heterocycles. The second-order valence-corrected chi connectivity index (χ2v) is 3.83. The average molecular weight is 240 g/mol. The van der Waals surface area contributed by atoms with Crippen LogP contribution >= 0.6 is 0 Å². The molecule has 8 heteroatoms. The Kier molecular flexibility index (Phi) is 2.41. The third kappa shape index (κ3) is 1.57. The van der Waals surface area contributed by atoms with Crippen LogP contribution in [0.25, 0.3) is 0 Å². The van der Waals surface area contributed by atoms with Crippen molar-refractivity contribution in [2.45, 2.75) is 0 Å². The van der Waals surface area contributed by atoms with Crippen LogP contribution in [0.5, 0.6) is 0 Å². The Bertz CT molecular complexity index is 600. The van der Waals surface area contributed by atoms with E-state index >= 15 is 0 Å². The number of aliphatic carboxylic acids is 1. The van der Waals surface area contributed by atoms with Crippen LogP contribution in [0.3, 0.4) is 0 Å². The molecule has 1 aromatic rings. The molecule has 0 aromatic carbocycles. The van der Waals surface area contributed by atoms with Gasteiger partial charge in [0.25, 0.3) is 5.56 Å². The summed E-state index contributed by atoms with van der Waals surface area (Å²) in [5.41, 5.74) is -0.718. The monoisotopic (exact) mass is 240 g/mol. The van der Waals surface area contributed by atoms with E-state index in [0.717, 1.165) is 4.57 Å². The van der Waals surface area contributed by atoms with Crippen LogP contribution in [-0.4, -0.2) is 33.4 Å². The molecular formula is C9H12N4O4. The molecule has 0 amide bonds. The van der Waals surface area contributed by atoms with Crippen LogP contribution in [0.1, 0.15) is 0 Å². The summed E-state index contributed by atoms with van der Waals surface area (Å²) < 4.78 is 2.25. The lowest BCUT2D eigenvalue weighted by Gasteiger charge is -2.14. The van der Waals surface area contributed by atoms with Crippen LogP contribution in [0.15, 0.2) is 9.59 Å². The third-order valence-electron chi connectivity index (χ3n) is 2.72. The van der Waals surface area contributed by atoms with Gasteiger partial charge in [0.15, 0.2) is 0 Å². The molecule has 0 bridgehead atoms. The van der Waals surface area contributed by atoms with E-state index in [1.165, 1.54) is 23.6 Å². The number of rotatable bonds is 2. The maximum absolute atomic E-state index is 11.9. The molecule has 1 aromatic heterocycles. The molecule has 0 saturated carbocycles. The minimum absolute atomic E-state index is 0.203. The molecule has 92 valence electrons. The van der Waals surface area contributed by atoms with Gasteiger partial charge < -0.3 is 15.3 Å². The van der Waals surface area contributed by atoms with E-state index in [1.54, 1.807) is 0 Å². The lowest BCUT2D eigenvalue weighted by Crippen LogP contribution is -2.40. The highest BCUT2D eigenvalue weighted by Gasteiger charge is 2.27. The first kappa shape index (κ1) is 11.2. The molecule has 1 aliphatic rings. The van der Waals surface area contributed by atoms with E-state index in [4.69, 9.17) is 5.11 Å². The lowest BCUT2D eigenvalue weighted by molar-refractivity contribution is -0.135. The summed E-state index contributed by atoms with van der Waals surface area (Å²) in [7, 11) is 2.89. The van der Waals surface area contributed by atoms with Crippen molar-refractivity contribution in [3.8, 4) is 0 Å². The average Bonchev–Trinajstić information content (AvgIpc) is 2.66. The van der Waals surface area contributed by atoms with Crippen molar-refractivity contribution in [2.75, 3.05) is 23.4 Å². The quantitative estimate of drug-likeness (QED) is 0.643. The summed E-state index contributed by atoms with van der Waals surface area (Å²) >= 11 is 0. The number of anilines is 2. The smallest absolute Gasteiger partial charge is 0.332 e. The molecule has 0 aliphatic carbocycles. The van der Waals surface area contributed by atoms with Gasteiger partial charge in [-0.2, -0.15) is 0 Å². The van der Waals surface area contributed by atoms with Gasteiger partial charge in [0.2, 0.25) is 0 Å². The largest absolute Gasteiger partial charge is 0.480 e. The Hall–Kier alpha value is -2.25. The fraction of sp³-hybridized carbons (Fsp3) is 0.444. The molecule has 0 unspecified atom stereocenters. The number of fused-ring (bicyclic) bond motifs is 1. The molecule has 1 aliphatic heterocycles. The van der Waals surface area contributed by atoms with E-state index in [2.05, 4.69) is 5.32 Å². The van der Waals surface area contributed by atoms with E-state index < -0.39 is 17.2 Å². The van der Waals surface area contributed by atoms with Gasteiger partial charge in [0.05, 0.1) is 6.67 Å². The van der Waals surface area contributed by atoms with Gasteiger partial charge in [-0.3, -0.25) is 18.7 Å². The second-order valence-electron chi connectivity index (χ2n) is 3.83. The zero-order valence-electron chi connectivity index (χ0n) is 9.43. The Morgan fingerprint density at radius 3 is 2.59 bits per heavy atom. The summed E-state index contributed by atoms with van der Waals surface area (Å²) in [4.78, 5) is 35.6. The maximum Gasteiger partial charge on any atom is 0.332 e. The van der Waals surface area contributed by atoms with Gasteiger partial charge in [0.1, 0.15) is 18.1 Å². The van der Waals surface area contributed by atoms with Gasteiger partial charge in [-0.05, 0) is 0 Å². The molecule has 0 fully saturated rings. The minimum atomic E-state index is -1.03. The first-order chi connectivity index (χ1) is 7.93. The molecule has 2 rings (SSSR count). The maximum atomic E-state index is 11.9. The molecule has 8 nitrogen and oxygen atoms in total. The lowest BCUT2D eigenvalue weighted by atomic mass is 10.4. The van der Waals surface area contributed by atoms with Crippen molar-refractivity contribution in [1.82, 2.24) is 9.13 Å². The number of carboxylic acids is 1. The first-order valence-corrected chi connectivity index (χ1v) is 4.94. The molecular weight excluding hydrogens is 228 g/mol. The van der Waals surface area contributed by atoms with E-state index in [-0.39, 0.29) is 18.9 Å². The zero-order chi connectivity index (χ0) is 12.7. The number of nitrogens with zero attached hydrogens (tertiary/aromatic N) is 3. The highest BCUT2D eigenvalue weighted by molar-refractivity contribution is 5.79. The summed E-state index contributed by atoms with van der Waals surface area (Å²) in [5, 5.41) is 11.6. The Morgan fingerprint density at radius 1 is 1.35 bits per heavy atom. The summed E-state index contributed by atoms with van der Waals surface area (Å²) in [6.45, 7) is -0.0817. The Balaban J connectivity index is 2.64. The SMILES string of the molecule is Cn1c2c(c(=O)n(C)c1=O)N(CC(=O)O)CN2. The van der Waals surface area contributed by atoms with Crippen molar-refractivity contribution in [2.24, 2.45) is 14.1 Å². The topological polar surface area (TPSA) is 96.6 Å². The van der Waals surface area contributed by atoms with Gasteiger partial charge in [-0.1, -0.05) is 0 Å². The second kappa shape index (κ2) is 3.65. The third-order valence-corrected chi connectivity index (χ3v) is 2.72. The summed E-state index contributed by atoms with van der Waals surface area (Å²) in [6.07, 6.45) is 0. The van der Waals surface area contributed by atoms with Crippen molar-refractivity contribution in [3.05, 3.63) is 20.8 Å². The number of hydrogen-bond acceptors (Lipinski definition) is 5. The number of aromatic nitrogens is 2. The number of nitrogens with one attached hydrogen (secondary N) is 1. The minimum Gasteiger partial charge on any atom is -0.480 e.